The molecule has 2 fully saturated rings. The molecule has 262 valence electrons. The molecule has 4 rings (SSSR count). The third kappa shape index (κ3) is 8.89. The maximum Gasteiger partial charge on any atom is 0.481 e. The van der Waals surface area contributed by atoms with Crippen molar-refractivity contribution in [2.24, 2.45) is 11.8 Å². The number of ether oxygens (including phenoxy) is 5. The highest BCUT2D eigenvalue weighted by atomic mass is 32.5. The van der Waals surface area contributed by atoms with E-state index in [0.29, 0.717) is 6.42 Å². The van der Waals surface area contributed by atoms with Crippen molar-refractivity contribution in [2.75, 3.05) is 12.3 Å². The second-order valence-electron chi connectivity index (χ2n) is 11.0. The second-order valence-corrected chi connectivity index (χ2v) is 15.3. The average molecular weight is 726 g/mol. The predicted octanol–water partition coefficient (Wildman–Crippen LogP) is 1.88. The number of nitrogens with zero attached hydrogens (tertiary/aromatic N) is 4. The van der Waals surface area contributed by atoms with E-state index in [1.165, 1.54) is 24.1 Å². The Bertz CT molecular complexity index is 1580. The van der Waals surface area contributed by atoms with Crippen LogP contribution in [0.2, 0.25) is 0 Å². The fourth-order valence-corrected chi connectivity index (χ4v) is 8.51. The number of rotatable bonds is 12. The number of carbonyl (C=O) groups is 3. The molecule has 2 aliphatic heterocycles. The standard InChI is InChI=1S/C25H37N5O14P2S/c1-7-16-11(2)12(3)19(38-13(4)31)25(42-16)43-45(34,35)44-46(36,47)37-8-17-20(39-14(5)32)21(40-15(6)33)24(41-17)30-10-29-18-22(26)27-9-28-23(18)30/h9-12,16-17,19-21,24-25H,7-8H2,1-6H3,(H,34,35)(H,36,47)(H2,26,27,28)/t11-,12-,16?,17+,19?,20-,21?,24+,25-,46?/m0/s1. The Balaban J connectivity index is 1.53. The van der Waals surface area contributed by atoms with Gasteiger partial charge in [0.25, 0.3) is 0 Å². The number of phosphoric acid groups is 1. The zero-order valence-electron chi connectivity index (χ0n) is 26.2. The van der Waals surface area contributed by atoms with Crippen molar-refractivity contribution in [2.45, 2.75) is 91.0 Å². The summed E-state index contributed by atoms with van der Waals surface area (Å²) in [7, 11) is -5.24. The molecular formula is C25H37N5O14P2S. The largest absolute Gasteiger partial charge is 0.481 e. The fraction of sp³-hybridized carbons (Fsp3) is 0.680. The number of esters is 3. The minimum Gasteiger partial charge on any atom is -0.457 e. The topological polar surface area (TPSA) is 252 Å². The zero-order valence-corrected chi connectivity index (χ0v) is 28.8. The lowest BCUT2D eigenvalue weighted by atomic mass is 9.82. The van der Waals surface area contributed by atoms with Gasteiger partial charge in [-0.2, -0.15) is 0 Å². The second kappa shape index (κ2) is 14.9. The third-order valence-electron chi connectivity index (χ3n) is 7.61. The maximum absolute atomic E-state index is 13.1. The van der Waals surface area contributed by atoms with Gasteiger partial charge in [0.05, 0.1) is 19.0 Å². The smallest absolute Gasteiger partial charge is 0.457 e. The molecule has 0 spiro atoms. The molecule has 19 nitrogen and oxygen atoms in total. The van der Waals surface area contributed by atoms with Crippen LogP contribution in [0.15, 0.2) is 12.7 Å². The highest BCUT2D eigenvalue weighted by Crippen LogP contribution is 2.62. The van der Waals surface area contributed by atoms with E-state index in [4.69, 9.17) is 54.6 Å². The number of nitrogen functional groups attached to an aromatic ring is 1. The van der Waals surface area contributed by atoms with E-state index in [9.17, 15) is 28.7 Å². The van der Waals surface area contributed by atoms with Gasteiger partial charge in [-0.3, -0.25) is 23.5 Å². The quantitative estimate of drug-likeness (QED) is 0.160. The Morgan fingerprint density at radius 2 is 1.57 bits per heavy atom. The fourth-order valence-electron chi connectivity index (χ4n) is 5.41. The van der Waals surface area contributed by atoms with Crippen LogP contribution in [0.4, 0.5) is 5.82 Å². The first-order valence-electron chi connectivity index (χ1n) is 14.4. The van der Waals surface area contributed by atoms with Crippen LogP contribution in [0.1, 0.15) is 54.2 Å². The summed E-state index contributed by atoms with van der Waals surface area (Å²) in [5.41, 5.74) is 6.30. The summed E-state index contributed by atoms with van der Waals surface area (Å²) in [4.78, 5) is 69.5. The van der Waals surface area contributed by atoms with Crippen LogP contribution in [0, 0.1) is 11.8 Å². The normalized spacial score (nSPS) is 31.9. The van der Waals surface area contributed by atoms with Crippen LogP contribution in [0.3, 0.4) is 0 Å². The molecule has 2 saturated heterocycles. The van der Waals surface area contributed by atoms with E-state index in [1.54, 1.807) is 6.92 Å². The molecule has 0 saturated carbocycles. The lowest BCUT2D eigenvalue weighted by Gasteiger charge is -2.43. The summed E-state index contributed by atoms with van der Waals surface area (Å²) in [6.07, 6.45) is -5.17. The molecule has 0 radical (unpaired) electrons. The van der Waals surface area contributed by atoms with Crippen molar-refractivity contribution in [3.8, 4) is 0 Å². The highest BCUT2D eigenvalue weighted by Gasteiger charge is 2.52. The monoisotopic (exact) mass is 725 g/mol. The maximum atomic E-state index is 13.1. The van der Waals surface area contributed by atoms with Crippen molar-refractivity contribution in [3.05, 3.63) is 12.7 Å². The van der Waals surface area contributed by atoms with Gasteiger partial charge in [-0.25, -0.2) is 23.8 Å². The number of anilines is 1. The molecule has 0 aliphatic carbocycles. The molecule has 2 aromatic heterocycles. The Morgan fingerprint density at radius 3 is 2.19 bits per heavy atom. The molecule has 2 aromatic rings. The van der Waals surface area contributed by atoms with Crippen LogP contribution in [0.5, 0.6) is 0 Å². The number of hydrogen-bond acceptors (Lipinski definition) is 17. The van der Waals surface area contributed by atoms with Crippen LogP contribution in [-0.4, -0.2) is 90.6 Å². The number of carbonyl (C=O) groups excluding carboxylic acids is 3. The number of nitrogens with two attached hydrogens (primary N) is 1. The first kappa shape index (κ1) is 37.2. The Morgan fingerprint density at radius 1 is 0.957 bits per heavy atom. The van der Waals surface area contributed by atoms with Gasteiger partial charge in [-0.1, -0.05) is 20.8 Å². The van der Waals surface area contributed by atoms with Crippen LogP contribution < -0.4 is 5.73 Å². The minimum atomic E-state index is -5.24. The van der Waals surface area contributed by atoms with Gasteiger partial charge in [-0.15, -0.1) is 0 Å². The third-order valence-corrected chi connectivity index (χ3v) is 11.1. The van der Waals surface area contributed by atoms with Crippen molar-refractivity contribution in [1.29, 1.82) is 0 Å². The van der Waals surface area contributed by atoms with E-state index >= 15 is 0 Å². The molecule has 5 unspecified atom stereocenters. The Kier molecular flexibility index (Phi) is 11.8. The average Bonchev–Trinajstić information content (AvgIpc) is 3.52. The van der Waals surface area contributed by atoms with E-state index in [-0.39, 0.29) is 28.8 Å². The summed E-state index contributed by atoms with van der Waals surface area (Å²) in [6.45, 7) is 3.59. The summed E-state index contributed by atoms with van der Waals surface area (Å²) in [5, 5.41) is 0. The molecule has 0 bridgehead atoms. The van der Waals surface area contributed by atoms with Gasteiger partial charge in [0.2, 0.25) is 6.29 Å². The van der Waals surface area contributed by atoms with Crippen LogP contribution >= 0.6 is 14.5 Å². The summed E-state index contributed by atoms with van der Waals surface area (Å²) < 4.78 is 57.9. The summed E-state index contributed by atoms with van der Waals surface area (Å²) in [6, 6.07) is 0. The number of phosphoric ester groups is 1. The van der Waals surface area contributed by atoms with Gasteiger partial charge in [0.15, 0.2) is 36.0 Å². The first-order valence-corrected chi connectivity index (χ1v) is 18.5. The molecular weight excluding hydrogens is 688 g/mol. The van der Waals surface area contributed by atoms with E-state index in [0.717, 1.165) is 13.8 Å². The number of hydrogen-bond donors (Lipinski definition) is 3. The SMILES string of the molecule is CCC1O[C@@H](OP(=O)(O)OP(O)(=S)OC[C@H]2O[C@@H](n3cnc4c(N)ncnc43)C(OC(C)=O)[C@H]2OC(C)=O)C(OC(C)=O)[C@@H](C)[C@@H]1C. The van der Waals surface area contributed by atoms with Crippen LogP contribution in [0.25, 0.3) is 11.2 Å². The van der Waals surface area contributed by atoms with Gasteiger partial charge < -0.3 is 43.7 Å². The van der Waals surface area contributed by atoms with E-state index < -0.39 is 82.1 Å². The van der Waals surface area contributed by atoms with E-state index in [2.05, 4.69) is 15.0 Å². The Labute approximate surface area is 274 Å². The number of fused-ring (bicyclic) bond motifs is 1. The summed E-state index contributed by atoms with van der Waals surface area (Å²) >= 11 is 4.98. The number of aromatic nitrogens is 4. The van der Waals surface area contributed by atoms with Gasteiger partial charge in [0.1, 0.15) is 17.9 Å². The predicted molar refractivity (Wildman–Crippen MR) is 162 cm³/mol. The number of imidazole rings is 1. The molecule has 0 aromatic carbocycles. The molecule has 47 heavy (non-hydrogen) atoms. The molecule has 0 amide bonds. The minimum absolute atomic E-state index is 0.0629. The molecule has 2 aliphatic rings. The van der Waals surface area contributed by atoms with Crippen molar-refractivity contribution < 1.29 is 65.8 Å². The van der Waals surface area contributed by atoms with Crippen LogP contribution in [-0.2, 0) is 67.8 Å². The molecule has 22 heteroatoms. The van der Waals surface area contributed by atoms with Crippen molar-refractivity contribution >= 4 is 61.2 Å². The first-order chi connectivity index (χ1) is 21.9. The van der Waals surface area contributed by atoms with Crippen molar-refractivity contribution in [3.63, 3.8) is 0 Å². The van der Waals surface area contributed by atoms with Gasteiger partial charge in [0, 0.05) is 26.7 Å². The highest BCUT2D eigenvalue weighted by molar-refractivity contribution is 8.08. The molecule has 4 N–H and O–H groups in total. The van der Waals surface area contributed by atoms with Crippen molar-refractivity contribution in [1.82, 2.24) is 19.5 Å². The lowest BCUT2D eigenvalue weighted by Crippen LogP contribution is -2.51. The van der Waals surface area contributed by atoms with Gasteiger partial charge >= 0.3 is 32.4 Å². The zero-order chi connectivity index (χ0) is 34.8. The Hall–Kier alpha value is -2.64. The van der Waals surface area contributed by atoms with Gasteiger partial charge in [-0.05, 0) is 24.1 Å². The molecule has 11 atom stereocenters. The van der Waals surface area contributed by atoms with E-state index in [1.807, 2.05) is 13.8 Å². The summed E-state index contributed by atoms with van der Waals surface area (Å²) in [5.74, 6) is -2.58. The lowest BCUT2D eigenvalue weighted by molar-refractivity contribution is -0.250. The molecule has 4 heterocycles.